The van der Waals surface area contributed by atoms with Crippen LogP contribution in [0.4, 0.5) is 0 Å². The van der Waals surface area contributed by atoms with E-state index in [0.717, 1.165) is 0 Å². The molecule has 1 aliphatic rings. The second-order valence-corrected chi connectivity index (χ2v) is 4.51. The molecule has 0 radical (unpaired) electrons. The highest BCUT2D eigenvalue weighted by atomic mass is 14.8. The van der Waals surface area contributed by atoms with Crippen molar-refractivity contribution in [2.45, 2.75) is 70.8 Å². The first-order valence-corrected chi connectivity index (χ1v) is 6.63. The van der Waals surface area contributed by atoms with E-state index in [2.05, 4.69) is 24.1 Å². The summed E-state index contributed by atoms with van der Waals surface area (Å²) in [6.07, 6.45) is 18.7. The Bertz CT molecular complexity index is 182. The summed E-state index contributed by atoms with van der Waals surface area (Å²) in [5.74, 6) is 0. The van der Waals surface area contributed by atoms with Crippen LogP contribution in [0.25, 0.3) is 0 Å². The van der Waals surface area contributed by atoms with Gasteiger partial charge in [0.05, 0.1) is 6.04 Å². The largest absolute Gasteiger partial charge is 0.286 e. The van der Waals surface area contributed by atoms with Crippen LogP contribution in [0.3, 0.4) is 0 Å². The highest BCUT2D eigenvalue weighted by Gasteiger charge is 2.03. The van der Waals surface area contributed by atoms with Crippen molar-refractivity contribution in [3.8, 4) is 0 Å². The number of rotatable bonds is 9. The molecule has 0 aromatic carbocycles. The van der Waals surface area contributed by atoms with Crippen molar-refractivity contribution in [3.63, 3.8) is 0 Å². The van der Waals surface area contributed by atoms with E-state index in [9.17, 15) is 0 Å². The van der Waals surface area contributed by atoms with Crippen molar-refractivity contribution in [2.75, 3.05) is 0 Å². The number of aliphatic imine (C=N–C) groups is 1. The molecule has 1 unspecified atom stereocenters. The van der Waals surface area contributed by atoms with Gasteiger partial charge in [0.25, 0.3) is 0 Å². The molecule has 86 valence electrons. The zero-order valence-corrected chi connectivity index (χ0v) is 10.1. The number of hydrogen-bond acceptors (Lipinski definition) is 1. The smallest absolute Gasteiger partial charge is 0.0683 e. The predicted octanol–water partition coefficient (Wildman–Crippen LogP) is 4.53. The molecule has 0 saturated heterocycles. The van der Waals surface area contributed by atoms with Crippen LogP contribution in [0.15, 0.2) is 17.1 Å². The molecular formula is C14H25N. The minimum atomic E-state index is 0.505. The lowest BCUT2D eigenvalue weighted by atomic mass is 10.1. The van der Waals surface area contributed by atoms with E-state index in [1.165, 1.54) is 57.8 Å². The van der Waals surface area contributed by atoms with Crippen molar-refractivity contribution in [1.82, 2.24) is 0 Å². The summed E-state index contributed by atoms with van der Waals surface area (Å²) in [5, 5.41) is 0. The second-order valence-electron chi connectivity index (χ2n) is 4.51. The maximum Gasteiger partial charge on any atom is 0.0683 e. The van der Waals surface area contributed by atoms with E-state index >= 15 is 0 Å². The first-order valence-electron chi connectivity index (χ1n) is 6.63. The first-order chi connectivity index (χ1) is 7.43. The zero-order chi connectivity index (χ0) is 10.8. The Morgan fingerprint density at radius 1 is 0.933 bits per heavy atom. The van der Waals surface area contributed by atoms with Gasteiger partial charge in [-0.05, 0) is 12.5 Å². The van der Waals surface area contributed by atoms with Crippen LogP contribution in [0, 0.1) is 0 Å². The van der Waals surface area contributed by atoms with Crippen LogP contribution in [0.1, 0.15) is 64.7 Å². The van der Waals surface area contributed by atoms with Gasteiger partial charge in [-0.1, -0.05) is 64.4 Å². The van der Waals surface area contributed by atoms with Crippen molar-refractivity contribution in [2.24, 2.45) is 4.99 Å². The molecule has 1 heterocycles. The van der Waals surface area contributed by atoms with Gasteiger partial charge in [0, 0.05) is 6.21 Å². The van der Waals surface area contributed by atoms with E-state index in [1.807, 2.05) is 6.21 Å². The molecule has 1 aliphatic heterocycles. The lowest BCUT2D eigenvalue weighted by molar-refractivity contribution is 0.555. The standard InChI is InChI=1S/C14H25N/c1-2-3-4-5-6-7-8-9-11-14-12-10-13-15-14/h10,12-14H,2-9,11H2,1H3. The summed E-state index contributed by atoms with van der Waals surface area (Å²) in [6.45, 7) is 2.27. The van der Waals surface area contributed by atoms with Crippen molar-refractivity contribution in [1.29, 1.82) is 0 Å². The monoisotopic (exact) mass is 207 g/mol. The van der Waals surface area contributed by atoms with Gasteiger partial charge in [0.1, 0.15) is 0 Å². The average Bonchev–Trinajstić information content (AvgIpc) is 2.75. The molecule has 0 aromatic rings. The molecule has 0 N–H and O–H groups in total. The lowest BCUT2D eigenvalue weighted by Crippen LogP contribution is -1.96. The van der Waals surface area contributed by atoms with Crippen molar-refractivity contribution in [3.05, 3.63) is 12.2 Å². The molecule has 0 aromatic heterocycles. The second kappa shape index (κ2) is 8.70. The lowest BCUT2D eigenvalue weighted by Gasteiger charge is -2.04. The van der Waals surface area contributed by atoms with Crippen LogP contribution in [0.2, 0.25) is 0 Å². The minimum Gasteiger partial charge on any atom is -0.286 e. The summed E-state index contributed by atoms with van der Waals surface area (Å²) < 4.78 is 0. The molecule has 15 heavy (non-hydrogen) atoms. The summed E-state index contributed by atoms with van der Waals surface area (Å²) in [5.41, 5.74) is 0. The Morgan fingerprint density at radius 3 is 2.20 bits per heavy atom. The number of allylic oxidation sites excluding steroid dienone is 1. The van der Waals surface area contributed by atoms with Crippen LogP contribution in [0.5, 0.6) is 0 Å². The molecule has 1 heteroatoms. The molecule has 1 rings (SSSR count). The summed E-state index contributed by atoms with van der Waals surface area (Å²) in [6, 6.07) is 0.505. The fourth-order valence-electron chi connectivity index (χ4n) is 2.05. The molecule has 0 aliphatic carbocycles. The van der Waals surface area contributed by atoms with Gasteiger partial charge in [0.2, 0.25) is 0 Å². The van der Waals surface area contributed by atoms with Crippen LogP contribution >= 0.6 is 0 Å². The molecular weight excluding hydrogens is 182 g/mol. The fourth-order valence-corrected chi connectivity index (χ4v) is 2.05. The summed E-state index contributed by atoms with van der Waals surface area (Å²) in [7, 11) is 0. The van der Waals surface area contributed by atoms with Gasteiger partial charge in [-0.3, -0.25) is 4.99 Å². The highest BCUT2D eigenvalue weighted by Crippen LogP contribution is 2.13. The number of nitrogens with zero attached hydrogens (tertiary/aromatic N) is 1. The summed E-state index contributed by atoms with van der Waals surface area (Å²) >= 11 is 0. The van der Waals surface area contributed by atoms with Gasteiger partial charge < -0.3 is 0 Å². The maximum absolute atomic E-state index is 4.36. The topological polar surface area (TPSA) is 12.4 Å². The molecule has 0 amide bonds. The van der Waals surface area contributed by atoms with Gasteiger partial charge >= 0.3 is 0 Å². The Morgan fingerprint density at radius 2 is 1.60 bits per heavy atom. The number of hydrogen-bond donors (Lipinski definition) is 0. The first kappa shape index (κ1) is 12.5. The van der Waals surface area contributed by atoms with E-state index < -0.39 is 0 Å². The van der Waals surface area contributed by atoms with E-state index in [-0.39, 0.29) is 0 Å². The Balaban J connectivity index is 1.77. The summed E-state index contributed by atoms with van der Waals surface area (Å²) in [4.78, 5) is 4.36. The molecule has 0 saturated carbocycles. The Hall–Kier alpha value is -0.590. The maximum atomic E-state index is 4.36. The normalized spacial score (nSPS) is 18.9. The Labute approximate surface area is 94.7 Å². The van der Waals surface area contributed by atoms with E-state index in [1.54, 1.807) is 0 Å². The SMILES string of the molecule is CCCCCCCCCCC1C=CC=N1. The fraction of sp³-hybridized carbons (Fsp3) is 0.786. The minimum absolute atomic E-state index is 0.505. The third-order valence-electron chi connectivity index (χ3n) is 3.05. The van der Waals surface area contributed by atoms with Crippen molar-refractivity contribution >= 4 is 6.21 Å². The molecule has 1 nitrogen and oxygen atoms in total. The van der Waals surface area contributed by atoms with Gasteiger partial charge in [0.15, 0.2) is 0 Å². The molecule has 0 spiro atoms. The molecule has 0 fully saturated rings. The number of unbranched alkanes of at least 4 members (excludes halogenated alkanes) is 7. The van der Waals surface area contributed by atoms with Crippen molar-refractivity contribution < 1.29 is 0 Å². The van der Waals surface area contributed by atoms with Gasteiger partial charge in [-0.15, -0.1) is 0 Å². The highest BCUT2D eigenvalue weighted by molar-refractivity contribution is 5.74. The predicted molar refractivity (Wildman–Crippen MR) is 68.6 cm³/mol. The van der Waals surface area contributed by atoms with Crippen LogP contribution in [-0.4, -0.2) is 12.3 Å². The third-order valence-corrected chi connectivity index (χ3v) is 3.05. The van der Waals surface area contributed by atoms with E-state index in [4.69, 9.17) is 0 Å². The molecule has 1 atom stereocenters. The quantitative estimate of drug-likeness (QED) is 0.493. The Kier molecular flexibility index (Phi) is 7.24. The molecule has 0 bridgehead atoms. The van der Waals surface area contributed by atoms with Gasteiger partial charge in [-0.25, -0.2) is 0 Å². The van der Waals surface area contributed by atoms with Crippen LogP contribution in [-0.2, 0) is 0 Å². The zero-order valence-electron chi connectivity index (χ0n) is 10.1. The van der Waals surface area contributed by atoms with Crippen LogP contribution < -0.4 is 0 Å². The third kappa shape index (κ3) is 6.48. The van der Waals surface area contributed by atoms with Gasteiger partial charge in [-0.2, -0.15) is 0 Å². The average molecular weight is 207 g/mol. The van der Waals surface area contributed by atoms with E-state index in [0.29, 0.717) is 6.04 Å².